The standard InChI is InChI=1S/C13H14N4O2/c1-18-11-4-3-9(5-12(11)19-2)7-17-8-10(6-14)13(15)16-17/h3-5,8H,7H2,1-2H3,(H2,15,16). The summed E-state index contributed by atoms with van der Waals surface area (Å²) >= 11 is 0. The van der Waals surface area contributed by atoms with Crippen molar-refractivity contribution in [2.24, 2.45) is 0 Å². The van der Waals surface area contributed by atoms with Crippen molar-refractivity contribution in [2.75, 3.05) is 20.0 Å². The molecule has 2 aromatic rings. The number of rotatable bonds is 4. The Balaban J connectivity index is 2.25. The minimum atomic E-state index is 0.239. The van der Waals surface area contributed by atoms with Gasteiger partial charge < -0.3 is 15.2 Å². The third-order valence-electron chi connectivity index (χ3n) is 2.70. The van der Waals surface area contributed by atoms with Crippen molar-refractivity contribution >= 4 is 5.82 Å². The second-order valence-electron chi connectivity index (χ2n) is 3.93. The second-order valence-corrected chi connectivity index (χ2v) is 3.93. The Labute approximate surface area is 111 Å². The summed E-state index contributed by atoms with van der Waals surface area (Å²) in [4.78, 5) is 0. The van der Waals surface area contributed by atoms with E-state index < -0.39 is 0 Å². The highest BCUT2D eigenvalue weighted by Gasteiger charge is 2.08. The van der Waals surface area contributed by atoms with Gasteiger partial charge in [-0.3, -0.25) is 4.68 Å². The smallest absolute Gasteiger partial charge is 0.163 e. The van der Waals surface area contributed by atoms with E-state index in [2.05, 4.69) is 5.10 Å². The fourth-order valence-corrected chi connectivity index (χ4v) is 1.77. The lowest BCUT2D eigenvalue weighted by molar-refractivity contribution is 0.354. The zero-order valence-electron chi connectivity index (χ0n) is 10.8. The zero-order valence-corrected chi connectivity index (χ0v) is 10.8. The van der Waals surface area contributed by atoms with Gasteiger partial charge in [0.2, 0.25) is 0 Å². The molecule has 0 aliphatic heterocycles. The van der Waals surface area contributed by atoms with Gasteiger partial charge in [0.25, 0.3) is 0 Å². The number of nitrogens with two attached hydrogens (primary N) is 1. The molecule has 0 atom stereocenters. The molecular weight excluding hydrogens is 244 g/mol. The van der Waals surface area contributed by atoms with Crippen LogP contribution < -0.4 is 15.2 Å². The number of anilines is 1. The molecule has 0 bridgehead atoms. The Hall–Kier alpha value is -2.68. The minimum absolute atomic E-state index is 0.239. The van der Waals surface area contributed by atoms with Crippen LogP contribution in [0.5, 0.6) is 11.5 Å². The average Bonchev–Trinajstić information content (AvgIpc) is 2.78. The maximum absolute atomic E-state index is 8.83. The fraction of sp³-hybridized carbons (Fsp3) is 0.231. The summed E-state index contributed by atoms with van der Waals surface area (Å²) in [5.74, 6) is 1.56. The van der Waals surface area contributed by atoms with E-state index in [-0.39, 0.29) is 5.82 Å². The highest BCUT2D eigenvalue weighted by Crippen LogP contribution is 2.27. The van der Waals surface area contributed by atoms with Crippen LogP contribution in [-0.4, -0.2) is 24.0 Å². The molecule has 2 N–H and O–H groups in total. The predicted octanol–water partition coefficient (Wildman–Crippen LogP) is 1.40. The molecule has 0 saturated carbocycles. The van der Waals surface area contributed by atoms with Crippen molar-refractivity contribution in [3.8, 4) is 17.6 Å². The largest absolute Gasteiger partial charge is 0.493 e. The van der Waals surface area contributed by atoms with E-state index in [4.69, 9.17) is 20.5 Å². The van der Waals surface area contributed by atoms with E-state index in [1.807, 2.05) is 24.3 Å². The molecule has 0 saturated heterocycles. The van der Waals surface area contributed by atoms with Crippen LogP contribution in [0.25, 0.3) is 0 Å². The minimum Gasteiger partial charge on any atom is -0.493 e. The van der Waals surface area contributed by atoms with Gasteiger partial charge in [0.1, 0.15) is 11.6 Å². The summed E-state index contributed by atoms with van der Waals surface area (Å²) < 4.78 is 12.0. The van der Waals surface area contributed by atoms with Gasteiger partial charge in [0, 0.05) is 6.20 Å². The number of nitrogens with zero attached hydrogens (tertiary/aromatic N) is 3. The monoisotopic (exact) mass is 258 g/mol. The molecule has 0 aliphatic rings. The molecular formula is C13H14N4O2. The molecule has 0 unspecified atom stereocenters. The molecule has 2 rings (SSSR count). The highest BCUT2D eigenvalue weighted by atomic mass is 16.5. The van der Waals surface area contributed by atoms with Crippen molar-refractivity contribution in [1.29, 1.82) is 5.26 Å². The second kappa shape index (κ2) is 5.31. The number of ether oxygens (including phenoxy) is 2. The molecule has 19 heavy (non-hydrogen) atoms. The van der Waals surface area contributed by atoms with E-state index in [9.17, 15) is 0 Å². The molecule has 0 spiro atoms. The van der Waals surface area contributed by atoms with Gasteiger partial charge in [-0.2, -0.15) is 10.4 Å². The summed E-state index contributed by atoms with van der Waals surface area (Å²) in [7, 11) is 3.17. The fourth-order valence-electron chi connectivity index (χ4n) is 1.77. The first-order chi connectivity index (χ1) is 9.17. The number of aromatic nitrogens is 2. The van der Waals surface area contributed by atoms with Crippen LogP contribution in [0.4, 0.5) is 5.82 Å². The molecule has 1 heterocycles. The maximum atomic E-state index is 8.83. The van der Waals surface area contributed by atoms with Gasteiger partial charge in [0.05, 0.1) is 20.8 Å². The Morgan fingerprint density at radius 3 is 2.63 bits per heavy atom. The van der Waals surface area contributed by atoms with Crippen molar-refractivity contribution in [2.45, 2.75) is 6.54 Å². The predicted molar refractivity (Wildman–Crippen MR) is 70.0 cm³/mol. The number of nitriles is 1. The van der Waals surface area contributed by atoms with Crippen LogP contribution in [-0.2, 0) is 6.54 Å². The number of methoxy groups -OCH3 is 2. The van der Waals surface area contributed by atoms with Crippen LogP contribution in [0.3, 0.4) is 0 Å². The maximum Gasteiger partial charge on any atom is 0.163 e. The molecule has 0 amide bonds. The quantitative estimate of drug-likeness (QED) is 0.895. The van der Waals surface area contributed by atoms with E-state index in [0.717, 1.165) is 5.56 Å². The Morgan fingerprint density at radius 1 is 1.32 bits per heavy atom. The molecule has 0 radical (unpaired) electrons. The molecule has 1 aromatic heterocycles. The first-order valence-corrected chi connectivity index (χ1v) is 5.62. The number of benzene rings is 1. The SMILES string of the molecule is COc1ccc(Cn2cc(C#N)c(N)n2)cc1OC. The van der Waals surface area contributed by atoms with Crippen molar-refractivity contribution < 1.29 is 9.47 Å². The van der Waals surface area contributed by atoms with Gasteiger partial charge >= 0.3 is 0 Å². The number of hydrogen-bond donors (Lipinski definition) is 1. The first kappa shape index (κ1) is 12.8. The Kier molecular flexibility index (Phi) is 3.57. The van der Waals surface area contributed by atoms with Crippen molar-refractivity contribution in [1.82, 2.24) is 9.78 Å². The average molecular weight is 258 g/mol. The third-order valence-corrected chi connectivity index (χ3v) is 2.70. The van der Waals surface area contributed by atoms with Crippen LogP contribution >= 0.6 is 0 Å². The van der Waals surface area contributed by atoms with E-state index in [1.165, 1.54) is 0 Å². The normalized spacial score (nSPS) is 9.95. The number of hydrogen-bond acceptors (Lipinski definition) is 5. The van der Waals surface area contributed by atoms with Gasteiger partial charge in [-0.1, -0.05) is 6.07 Å². The summed E-state index contributed by atoms with van der Waals surface area (Å²) in [6.45, 7) is 0.506. The lowest BCUT2D eigenvalue weighted by Crippen LogP contribution is -2.02. The van der Waals surface area contributed by atoms with E-state index >= 15 is 0 Å². The van der Waals surface area contributed by atoms with Gasteiger partial charge in [-0.05, 0) is 17.7 Å². The number of nitrogen functional groups attached to an aromatic ring is 1. The molecule has 0 aliphatic carbocycles. The summed E-state index contributed by atoms with van der Waals surface area (Å²) in [5, 5.41) is 12.9. The summed E-state index contributed by atoms with van der Waals surface area (Å²) in [5.41, 5.74) is 6.96. The molecule has 1 aromatic carbocycles. The highest BCUT2D eigenvalue weighted by molar-refractivity contribution is 5.47. The first-order valence-electron chi connectivity index (χ1n) is 5.62. The molecule has 6 nitrogen and oxygen atoms in total. The topological polar surface area (TPSA) is 86.1 Å². The summed E-state index contributed by atoms with van der Waals surface area (Å²) in [6.07, 6.45) is 1.62. The van der Waals surface area contributed by atoms with Crippen molar-refractivity contribution in [3.63, 3.8) is 0 Å². The lowest BCUT2D eigenvalue weighted by Gasteiger charge is -2.09. The van der Waals surface area contributed by atoms with Crippen molar-refractivity contribution in [3.05, 3.63) is 35.5 Å². The van der Waals surface area contributed by atoms with Crippen LogP contribution in [0.2, 0.25) is 0 Å². The van der Waals surface area contributed by atoms with Gasteiger partial charge in [-0.25, -0.2) is 0 Å². The molecule has 98 valence electrons. The zero-order chi connectivity index (χ0) is 13.8. The third kappa shape index (κ3) is 2.60. The molecule has 6 heteroatoms. The van der Waals surface area contributed by atoms with Crippen LogP contribution in [0, 0.1) is 11.3 Å². The Bertz CT molecular complexity index is 628. The lowest BCUT2D eigenvalue weighted by atomic mass is 10.2. The van der Waals surface area contributed by atoms with E-state index in [1.54, 1.807) is 25.1 Å². The van der Waals surface area contributed by atoms with E-state index in [0.29, 0.717) is 23.6 Å². The van der Waals surface area contributed by atoms with Gasteiger partial charge in [-0.15, -0.1) is 0 Å². The Morgan fingerprint density at radius 2 is 2.05 bits per heavy atom. The van der Waals surface area contributed by atoms with Crippen LogP contribution in [0.15, 0.2) is 24.4 Å². The van der Waals surface area contributed by atoms with Crippen LogP contribution in [0.1, 0.15) is 11.1 Å². The van der Waals surface area contributed by atoms with Gasteiger partial charge in [0.15, 0.2) is 17.3 Å². The molecule has 0 fully saturated rings. The summed E-state index contributed by atoms with van der Waals surface area (Å²) in [6, 6.07) is 7.59.